The largest absolute Gasteiger partial charge is 0.330 e. The van der Waals surface area contributed by atoms with Crippen LogP contribution in [0.1, 0.15) is 12.0 Å². The van der Waals surface area contributed by atoms with Crippen molar-refractivity contribution in [2.45, 2.75) is 19.9 Å². The molecule has 4 nitrogen and oxygen atoms in total. The van der Waals surface area contributed by atoms with Gasteiger partial charge in [0.15, 0.2) is 5.65 Å². The fourth-order valence-electron chi connectivity index (χ4n) is 2.39. The predicted molar refractivity (Wildman–Crippen MR) is 81.3 cm³/mol. The summed E-state index contributed by atoms with van der Waals surface area (Å²) in [6, 6.07) is 8.38. The van der Waals surface area contributed by atoms with Gasteiger partial charge >= 0.3 is 0 Å². The van der Waals surface area contributed by atoms with Crippen molar-refractivity contribution in [3.8, 4) is 11.4 Å². The van der Waals surface area contributed by atoms with E-state index in [0.717, 1.165) is 41.1 Å². The van der Waals surface area contributed by atoms with Crippen molar-refractivity contribution in [2.24, 2.45) is 5.73 Å². The topological polar surface area (TPSA) is 56.7 Å². The number of nitrogens with zero attached hydrogens (tertiary/aromatic N) is 3. The number of imidazole rings is 1. The van der Waals surface area contributed by atoms with Gasteiger partial charge in [-0.1, -0.05) is 0 Å². The van der Waals surface area contributed by atoms with Gasteiger partial charge in [0.25, 0.3) is 0 Å². The fraction of sp³-hybridized carbons (Fsp3) is 0.250. The fourth-order valence-corrected chi connectivity index (χ4v) is 2.39. The van der Waals surface area contributed by atoms with Crippen LogP contribution >= 0.6 is 0 Å². The van der Waals surface area contributed by atoms with E-state index in [1.807, 2.05) is 19.2 Å². The quantitative estimate of drug-likeness (QED) is 0.801. The van der Waals surface area contributed by atoms with Crippen LogP contribution in [0.3, 0.4) is 0 Å². The molecule has 0 aliphatic rings. The Labute approximate surface area is 122 Å². The van der Waals surface area contributed by atoms with Gasteiger partial charge in [0.2, 0.25) is 0 Å². The van der Waals surface area contributed by atoms with Crippen LogP contribution in [-0.4, -0.2) is 21.1 Å². The van der Waals surface area contributed by atoms with Crippen molar-refractivity contribution in [1.82, 2.24) is 14.5 Å². The molecule has 0 amide bonds. The molecule has 1 aromatic carbocycles. The number of fused-ring (bicyclic) bond motifs is 1. The minimum Gasteiger partial charge on any atom is -0.330 e. The highest BCUT2D eigenvalue weighted by molar-refractivity contribution is 5.77. The second-order valence-electron chi connectivity index (χ2n) is 5.09. The molecule has 108 valence electrons. The third kappa shape index (κ3) is 2.64. The molecule has 2 heterocycles. The van der Waals surface area contributed by atoms with Crippen molar-refractivity contribution in [3.63, 3.8) is 0 Å². The highest BCUT2D eigenvalue weighted by Gasteiger charge is 2.13. The number of aromatic nitrogens is 3. The molecule has 3 aromatic rings. The zero-order valence-corrected chi connectivity index (χ0v) is 11.9. The molecule has 0 radical (unpaired) electrons. The highest BCUT2D eigenvalue weighted by Crippen LogP contribution is 2.24. The first-order valence-corrected chi connectivity index (χ1v) is 6.98. The van der Waals surface area contributed by atoms with E-state index < -0.39 is 0 Å². The van der Waals surface area contributed by atoms with Gasteiger partial charge in [0.1, 0.15) is 17.2 Å². The van der Waals surface area contributed by atoms with Gasteiger partial charge in [0.05, 0.1) is 0 Å². The van der Waals surface area contributed by atoms with E-state index in [1.165, 1.54) is 12.1 Å². The van der Waals surface area contributed by atoms with Crippen LogP contribution in [-0.2, 0) is 6.54 Å². The summed E-state index contributed by atoms with van der Waals surface area (Å²) in [5.74, 6) is 0.550. The molecule has 0 spiro atoms. The Kier molecular flexibility index (Phi) is 3.66. The summed E-state index contributed by atoms with van der Waals surface area (Å²) >= 11 is 0. The number of hydrogen-bond donors (Lipinski definition) is 1. The maximum Gasteiger partial charge on any atom is 0.160 e. The Hall–Kier alpha value is -2.27. The number of rotatable bonds is 4. The van der Waals surface area contributed by atoms with E-state index in [0.29, 0.717) is 6.54 Å². The third-order valence-electron chi connectivity index (χ3n) is 3.41. The number of aryl methyl sites for hydroxylation is 2. The maximum absolute atomic E-state index is 13.1. The Morgan fingerprint density at radius 1 is 1.24 bits per heavy atom. The minimum atomic E-state index is -0.252. The van der Waals surface area contributed by atoms with Crippen molar-refractivity contribution in [1.29, 1.82) is 0 Å². The molecule has 0 aliphatic carbocycles. The maximum atomic E-state index is 13.1. The first-order valence-electron chi connectivity index (χ1n) is 6.98. The second-order valence-corrected chi connectivity index (χ2v) is 5.09. The van der Waals surface area contributed by atoms with Gasteiger partial charge in [-0.15, -0.1) is 0 Å². The van der Waals surface area contributed by atoms with E-state index in [1.54, 1.807) is 12.1 Å². The van der Waals surface area contributed by atoms with Gasteiger partial charge < -0.3 is 10.3 Å². The molecular weight excluding hydrogens is 267 g/mol. The van der Waals surface area contributed by atoms with Crippen LogP contribution in [0.25, 0.3) is 22.6 Å². The number of pyridine rings is 1. The molecule has 3 rings (SSSR count). The van der Waals surface area contributed by atoms with Gasteiger partial charge in [-0.2, -0.15) is 0 Å². The molecule has 0 aliphatic heterocycles. The number of halogens is 1. The van der Waals surface area contributed by atoms with Gasteiger partial charge in [-0.3, -0.25) is 0 Å². The summed E-state index contributed by atoms with van der Waals surface area (Å²) in [6.07, 6.45) is 2.67. The van der Waals surface area contributed by atoms with Crippen LogP contribution in [0.4, 0.5) is 4.39 Å². The summed E-state index contributed by atoms with van der Waals surface area (Å²) in [5, 5.41) is 0. The standard InChI is InChI=1S/C16H17FN4/c1-11-9-14-16(19-10-11)21(8-2-7-18)15(20-14)12-3-5-13(17)6-4-12/h3-6,9-10H,2,7-8,18H2,1H3. The minimum absolute atomic E-state index is 0.252. The molecule has 0 saturated heterocycles. The Balaban J connectivity index is 2.17. The van der Waals surface area contributed by atoms with E-state index in [4.69, 9.17) is 5.73 Å². The molecule has 2 N–H and O–H groups in total. The molecule has 0 unspecified atom stereocenters. The first-order chi connectivity index (χ1) is 10.2. The molecule has 2 aromatic heterocycles. The smallest absolute Gasteiger partial charge is 0.160 e. The summed E-state index contributed by atoms with van der Waals surface area (Å²) in [4.78, 5) is 9.15. The third-order valence-corrected chi connectivity index (χ3v) is 3.41. The van der Waals surface area contributed by atoms with Crippen molar-refractivity contribution < 1.29 is 4.39 Å². The zero-order valence-electron chi connectivity index (χ0n) is 11.9. The highest BCUT2D eigenvalue weighted by atomic mass is 19.1. The lowest BCUT2D eigenvalue weighted by atomic mass is 10.2. The number of hydrogen-bond acceptors (Lipinski definition) is 3. The SMILES string of the molecule is Cc1cnc2c(c1)nc(-c1ccc(F)cc1)n2CCCN. The van der Waals surface area contributed by atoms with E-state index in [-0.39, 0.29) is 5.82 Å². The molecule has 0 atom stereocenters. The van der Waals surface area contributed by atoms with Crippen LogP contribution in [0.5, 0.6) is 0 Å². The lowest BCUT2D eigenvalue weighted by Gasteiger charge is -2.08. The average Bonchev–Trinajstić information content (AvgIpc) is 2.83. The average molecular weight is 284 g/mol. The Bertz CT molecular complexity index is 762. The van der Waals surface area contributed by atoms with Gasteiger partial charge in [0, 0.05) is 18.3 Å². The van der Waals surface area contributed by atoms with E-state index in [9.17, 15) is 4.39 Å². The molecule has 0 fully saturated rings. The van der Waals surface area contributed by atoms with Crippen LogP contribution in [0.2, 0.25) is 0 Å². The van der Waals surface area contributed by atoms with Crippen LogP contribution in [0.15, 0.2) is 36.5 Å². The van der Waals surface area contributed by atoms with Crippen LogP contribution < -0.4 is 5.73 Å². The Morgan fingerprint density at radius 2 is 2.00 bits per heavy atom. The first kappa shape index (κ1) is 13.7. The molecular formula is C16H17FN4. The summed E-state index contributed by atoms with van der Waals surface area (Å²) < 4.78 is 15.2. The van der Waals surface area contributed by atoms with E-state index >= 15 is 0 Å². The van der Waals surface area contributed by atoms with Crippen LogP contribution in [0, 0.1) is 12.7 Å². The van der Waals surface area contributed by atoms with Crippen molar-refractivity contribution >= 4 is 11.2 Å². The zero-order chi connectivity index (χ0) is 14.8. The predicted octanol–water partition coefficient (Wildman–Crippen LogP) is 2.89. The summed E-state index contributed by atoms with van der Waals surface area (Å²) in [6.45, 7) is 3.34. The van der Waals surface area contributed by atoms with Crippen molar-refractivity contribution in [3.05, 3.63) is 47.9 Å². The molecule has 5 heteroatoms. The lowest BCUT2D eigenvalue weighted by Crippen LogP contribution is -2.07. The van der Waals surface area contributed by atoms with Gasteiger partial charge in [-0.05, 0) is 55.8 Å². The number of nitrogens with two attached hydrogens (primary N) is 1. The molecule has 0 bridgehead atoms. The van der Waals surface area contributed by atoms with Gasteiger partial charge in [-0.25, -0.2) is 14.4 Å². The second kappa shape index (κ2) is 5.61. The normalized spacial score (nSPS) is 11.2. The summed E-state index contributed by atoms with van der Waals surface area (Å²) in [7, 11) is 0. The molecule has 21 heavy (non-hydrogen) atoms. The lowest BCUT2D eigenvalue weighted by molar-refractivity contribution is 0.627. The Morgan fingerprint density at radius 3 is 2.71 bits per heavy atom. The van der Waals surface area contributed by atoms with E-state index in [2.05, 4.69) is 14.5 Å². The van der Waals surface area contributed by atoms with Crippen molar-refractivity contribution in [2.75, 3.05) is 6.54 Å². The monoisotopic (exact) mass is 284 g/mol. The molecule has 0 saturated carbocycles. The number of benzene rings is 1. The summed E-state index contributed by atoms with van der Waals surface area (Å²) in [5.41, 5.74) is 9.26.